The van der Waals surface area contributed by atoms with E-state index in [1.807, 2.05) is 12.1 Å². The molecule has 1 aliphatic heterocycles. The molecular formula is C19H18O. The minimum Gasteiger partial charge on any atom is -0.369 e. The van der Waals surface area contributed by atoms with Gasteiger partial charge >= 0.3 is 0 Å². The average Bonchev–Trinajstić information content (AvgIpc) is 2.56. The molecule has 0 spiro atoms. The first-order valence-electron chi connectivity index (χ1n) is 6.95. The van der Waals surface area contributed by atoms with E-state index >= 15 is 0 Å². The van der Waals surface area contributed by atoms with Gasteiger partial charge in [0.2, 0.25) is 0 Å². The van der Waals surface area contributed by atoms with Gasteiger partial charge in [-0.1, -0.05) is 73.3 Å². The lowest BCUT2D eigenvalue weighted by Gasteiger charge is -2.24. The van der Waals surface area contributed by atoms with Crippen LogP contribution in [0.5, 0.6) is 0 Å². The van der Waals surface area contributed by atoms with Gasteiger partial charge in [0.1, 0.15) is 0 Å². The minimum atomic E-state index is 0.162. The molecule has 0 N–H and O–H groups in total. The lowest BCUT2D eigenvalue weighted by molar-refractivity contribution is 0.0708. The van der Waals surface area contributed by atoms with Crippen LogP contribution in [0.4, 0.5) is 0 Å². The van der Waals surface area contributed by atoms with Crippen molar-refractivity contribution in [1.82, 2.24) is 0 Å². The fourth-order valence-corrected chi connectivity index (χ4v) is 2.56. The first kappa shape index (κ1) is 12.9. The maximum absolute atomic E-state index is 5.87. The molecule has 100 valence electrons. The van der Waals surface area contributed by atoms with Gasteiger partial charge in [0.25, 0.3) is 0 Å². The van der Waals surface area contributed by atoms with Crippen molar-refractivity contribution < 1.29 is 4.74 Å². The van der Waals surface area contributed by atoms with Crippen LogP contribution < -0.4 is 0 Å². The van der Waals surface area contributed by atoms with E-state index in [0.29, 0.717) is 6.61 Å². The fourth-order valence-electron chi connectivity index (χ4n) is 2.56. The third-order valence-corrected chi connectivity index (χ3v) is 3.72. The highest BCUT2D eigenvalue weighted by molar-refractivity contribution is 5.68. The highest BCUT2D eigenvalue weighted by Crippen LogP contribution is 2.33. The fraction of sp³-hybridized carbons (Fsp3) is 0.158. The van der Waals surface area contributed by atoms with E-state index in [4.69, 9.17) is 4.74 Å². The second-order valence-corrected chi connectivity index (χ2v) is 4.99. The summed E-state index contributed by atoms with van der Waals surface area (Å²) >= 11 is 0. The molecule has 2 aromatic carbocycles. The maximum atomic E-state index is 5.87. The second kappa shape index (κ2) is 5.89. The molecule has 0 radical (unpaired) electrons. The molecule has 0 saturated heterocycles. The molecule has 3 rings (SSSR count). The summed E-state index contributed by atoms with van der Waals surface area (Å²) < 4.78 is 5.87. The standard InChI is InChI=1S/C19H18O/c1-2-15-8-10-16(11-9-15)18-12-13-20-19(14-18)17-6-4-3-5-7-17/h2-12,19H,1,13-14H2. The van der Waals surface area contributed by atoms with Gasteiger partial charge in [-0.3, -0.25) is 0 Å². The van der Waals surface area contributed by atoms with Crippen molar-refractivity contribution in [3.63, 3.8) is 0 Å². The largest absolute Gasteiger partial charge is 0.369 e. The Balaban J connectivity index is 1.80. The third-order valence-electron chi connectivity index (χ3n) is 3.72. The van der Waals surface area contributed by atoms with Crippen LogP contribution >= 0.6 is 0 Å². The normalized spacial score (nSPS) is 18.4. The summed E-state index contributed by atoms with van der Waals surface area (Å²) in [5, 5.41) is 0. The number of hydrogen-bond donors (Lipinski definition) is 0. The maximum Gasteiger partial charge on any atom is 0.0869 e. The summed E-state index contributed by atoms with van der Waals surface area (Å²) in [6.45, 7) is 4.47. The molecule has 0 saturated carbocycles. The van der Waals surface area contributed by atoms with Crippen LogP contribution in [0.25, 0.3) is 11.6 Å². The molecular weight excluding hydrogens is 244 g/mol. The zero-order chi connectivity index (χ0) is 13.8. The molecule has 0 aliphatic carbocycles. The van der Waals surface area contributed by atoms with Crippen LogP contribution in [-0.4, -0.2) is 6.61 Å². The van der Waals surface area contributed by atoms with E-state index in [-0.39, 0.29) is 6.10 Å². The van der Waals surface area contributed by atoms with Gasteiger partial charge in [-0.15, -0.1) is 0 Å². The van der Waals surface area contributed by atoms with Gasteiger partial charge in [-0.05, 0) is 22.3 Å². The smallest absolute Gasteiger partial charge is 0.0869 e. The predicted molar refractivity (Wildman–Crippen MR) is 84.3 cm³/mol. The summed E-state index contributed by atoms with van der Waals surface area (Å²) in [7, 11) is 0. The highest BCUT2D eigenvalue weighted by Gasteiger charge is 2.18. The van der Waals surface area contributed by atoms with E-state index in [1.54, 1.807) is 0 Å². The van der Waals surface area contributed by atoms with E-state index in [2.05, 4.69) is 61.2 Å². The van der Waals surface area contributed by atoms with Gasteiger partial charge < -0.3 is 4.74 Å². The number of benzene rings is 2. The van der Waals surface area contributed by atoms with Gasteiger partial charge in [-0.2, -0.15) is 0 Å². The van der Waals surface area contributed by atoms with Gasteiger partial charge in [-0.25, -0.2) is 0 Å². The summed E-state index contributed by atoms with van der Waals surface area (Å²) in [5.41, 5.74) is 5.04. The van der Waals surface area contributed by atoms with Crippen LogP contribution in [-0.2, 0) is 4.74 Å². The van der Waals surface area contributed by atoms with Gasteiger partial charge in [0.05, 0.1) is 12.7 Å². The van der Waals surface area contributed by atoms with Crippen molar-refractivity contribution in [2.45, 2.75) is 12.5 Å². The van der Waals surface area contributed by atoms with Crippen LogP contribution in [0.3, 0.4) is 0 Å². The summed E-state index contributed by atoms with van der Waals surface area (Å²) in [6, 6.07) is 19.0. The Hall–Kier alpha value is -2.12. The first-order valence-corrected chi connectivity index (χ1v) is 6.95. The van der Waals surface area contributed by atoms with E-state index in [1.165, 1.54) is 16.7 Å². The van der Waals surface area contributed by atoms with Crippen LogP contribution in [0.2, 0.25) is 0 Å². The van der Waals surface area contributed by atoms with Crippen molar-refractivity contribution in [2.75, 3.05) is 6.61 Å². The monoisotopic (exact) mass is 262 g/mol. The Morgan fingerprint density at radius 1 is 1.00 bits per heavy atom. The van der Waals surface area contributed by atoms with Crippen LogP contribution in [0, 0.1) is 0 Å². The topological polar surface area (TPSA) is 9.23 Å². The van der Waals surface area contributed by atoms with Crippen LogP contribution in [0.1, 0.15) is 29.2 Å². The molecule has 2 aromatic rings. The Morgan fingerprint density at radius 3 is 2.45 bits per heavy atom. The third kappa shape index (κ3) is 2.73. The Kier molecular flexibility index (Phi) is 3.80. The number of rotatable bonds is 3. The SMILES string of the molecule is C=Cc1ccc(C2=CCOC(c3ccccc3)C2)cc1. The van der Waals surface area contributed by atoms with E-state index in [9.17, 15) is 0 Å². The summed E-state index contributed by atoms with van der Waals surface area (Å²) in [6.07, 6.45) is 5.14. The van der Waals surface area contributed by atoms with E-state index < -0.39 is 0 Å². The predicted octanol–water partition coefficient (Wildman–Crippen LogP) is 4.87. The van der Waals surface area contributed by atoms with Crippen molar-refractivity contribution in [1.29, 1.82) is 0 Å². The zero-order valence-corrected chi connectivity index (χ0v) is 11.5. The molecule has 0 fully saturated rings. The van der Waals surface area contributed by atoms with Crippen molar-refractivity contribution in [3.8, 4) is 0 Å². The van der Waals surface area contributed by atoms with Gasteiger partial charge in [0, 0.05) is 6.42 Å². The molecule has 0 aromatic heterocycles. The first-order chi connectivity index (χ1) is 9.86. The van der Waals surface area contributed by atoms with Crippen molar-refractivity contribution in [3.05, 3.63) is 83.9 Å². The molecule has 1 atom stereocenters. The number of ether oxygens (including phenoxy) is 1. The lowest BCUT2D eigenvalue weighted by atomic mass is 9.94. The quantitative estimate of drug-likeness (QED) is 0.766. The van der Waals surface area contributed by atoms with Crippen molar-refractivity contribution in [2.24, 2.45) is 0 Å². The minimum absolute atomic E-state index is 0.162. The highest BCUT2D eigenvalue weighted by atomic mass is 16.5. The number of hydrogen-bond acceptors (Lipinski definition) is 1. The molecule has 20 heavy (non-hydrogen) atoms. The molecule has 0 bridgehead atoms. The molecule has 1 unspecified atom stereocenters. The molecule has 1 aliphatic rings. The lowest BCUT2D eigenvalue weighted by Crippen LogP contribution is -2.10. The Morgan fingerprint density at radius 2 is 1.75 bits per heavy atom. The Bertz CT molecular complexity index is 608. The molecule has 1 nitrogen and oxygen atoms in total. The summed E-state index contributed by atoms with van der Waals surface area (Å²) in [4.78, 5) is 0. The molecule has 1 heterocycles. The zero-order valence-electron chi connectivity index (χ0n) is 11.5. The van der Waals surface area contributed by atoms with Gasteiger partial charge in [0.15, 0.2) is 0 Å². The van der Waals surface area contributed by atoms with E-state index in [0.717, 1.165) is 12.0 Å². The van der Waals surface area contributed by atoms with Crippen molar-refractivity contribution >= 4 is 11.6 Å². The summed E-state index contributed by atoms with van der Waals surface area (Å²) in [5.74, 6) is 0. The molecule has 0 amide bonds. The molecule has 1 heteroatoms. The van der Waals surface area contributed by atoms with Crippen LogP contribution in [0.15, 0.2) is 67.3 Å². The second-order valence-electron chi connectivity index (χ2n) is 4.99. The average molecular weight is 262 g/mol. The Labute approximate surface area is 120 Å².